The van der Waals surface area contributed by atoms with Gasteiger partial charge in [0, 0.05) is 10.7 Å². The van der Waals surface area contributed by atoms with E-state index in [1.54, 1.807) is 6.07 Å². The van der Waals surface area contributed by atoms with E-state index in [1.165, 1.54) is 19.1 Å². The van der Waals surface area contributed by atoms with Crippen LogP contribution in [0.25, 0.3) is 0 Å². The van der Waals surface area contributed by atoms with Gasteiger partial charge in [0.25, 0.3) is 10.1 Å². The molecule has 0 amide bonds. The van der Waals surface area contributed by atoms with Crippen molar-refractivity contribution < 1.29 is 44.0 Å². The van der Waals surface area contributed by atoms with E-state index in [9.17, 15) is 8.42 Å². The van der Waals surface area contributed by atoms with Gasteiger partial charge >= 0.3 is 29.6 Å². The zero-order valence-electron chi connectivity index (χ0n) is 9.44. The molecule has 1 unspecified atom stereocenters. The minimum absolute atomic E-state index is 0. The van der Waals surface area contributed by atoms with Gasteiger partial charge in [-0.15, -0.1) is 0 Å². The number of nitrogen functional groups attached to an aromatic ring is 1. The molecule has 4 nitrogen and oxygen atoms in total. The summed E-state index contributed by atoms with van der Waals surface area (Å²) in [4.78, 5) is 0. The van der Waals surface area contributed by atoms with Crippen LogP contribution in [0.1, 0.15) is 19.2 Å². The number of hydrogen-bond donors (Lipinski definition) is 2. The van der Waals surface area contributed by atoms with Crippen molar-refractivity contribution in [1.29, 1.82) is 0 Å². The molecule has 15 heavy (non-hydrogen) atoms. The van der Waals surface area contributed by atoms with Crippen LogP contribution in [0.2, 0.25) is 5.02 Å². The third kappa shape index (κ3) is 3.94. The number of halogens is 1. The fourth-order valence-electron chi connectivity index (χ4n) is 1.06. The van der Waals surface area contributed by atoms with Crippen molar-refractivity contribution in [3.8, 4) is 0 Å². The molecule has 0 spiro atoms. The second-order valence-corrected chi connectivity index (χ2v) is 5.10. The van der Waals surface area contributed by atoms with E-state index in [0.717, 1.165) is 0 Å². The Labute approximate surface area is 117 Å². The molecule has 0 saturated carbocycles. The summed E-state index contributed by atoms with van der Waals surface area (Å²) in [6.07, 6.45) is 0. The molecule has 3 N–H and O–H groups in total. The van der Waals surface area contributed by atoms with Gasteiger partial charge in [0.15, 0.2) is 0 Å². The van der Waals surface area contributed by atoms with Crippen LogP contribution in [0.15, 0.2) is 18.2 Å². The normalized spacial score (nSPS) is 13.0. The molecule has 1 rings (SSSR count). The summed E-state index contributed by atoms with van der Waals surface area (Å²) in [5.74, 6) is 0. The van der Waals surface area contributed by atoms with Gasteiger partial charge in [0.05, 0.1) is 0 Å². The second kappa shape index (κ2) is 5.52. The van der Waals surface area contributed by atoms with E-state index in [2.05, 4.69) is 0 Å². The van der Waals surface area contributed by atoms with Crippen LogP contribution in [-0.4, -0.2) is 13.0 Å². The van der Waals surface area contributed by atoms with Crippen LogP contribution < -0.4 is 35.3 Å². The smallest absolute Gasteiger partial charge is 1.00 e. The van der Waals surface area contributed by atoms with Crippen LogP contribution in [-0.2, 0) is 10.1 Å². The average molecular weight is 260 g/mol. The molecule has 0 aliphatic carbocycles. The standard InChI is InChI=1S/C8H10ClNO3S.Na.H/c1-5(14(11,12)13)7-4-6(9)2-3-8(7)10;;/h2-5H,10H2,1H3,(H,11,12,13);;/q;+1;-1. The molecule has 80 valence electrons. The van der Waals surface area contributed by atoms with Crippen LogP contribution in [0, 0.1) is 0 Å². The molecule has 1 aromatic carbocycles. The molecule has 0 aliphatic rings. The van der Waals surface area contributed by atoms with E-state index in [0.29, 0.717) is 16.3 Å². The first-order valence-electron chi connectivity index (χ1n) is 3.83. The SMILES string of the molecule is CC(c1cc(Cl)ccc1N)S(=O)(=O)O.[H-].[Na+]. The van der Waals surface area contributed by atoms with Crippen LogP contribution in [0.4, 0.5) is 5.69 Å². The maximum Gasteiger partial charge on any atom is 1.00 e. The Hall–Kier alpha value is 0.220. The zero-order chi connectivity index (χ0) is 10.9. The Balaban J connectivity index is 0. The first-order chi connectivity index (χ1) is 6.32. The topological polar surface area (TPSA) is 80.4 Å². The van der Waals surface area contributed by atoms with Crippen LogP contribution in [0.5, 0.6) is 0 Å². The Morgan fingerprint density at radius 3 is 2.53 bits per heavy atom. The zero-order valence-corrected chi connectivity index (χ0v) is 12.0. The van der Waals surface area contributed by atoms with Crippen molar-refractivity contribution in [1.82, 2.24) is 0 Å². The van der Waals surface area contributed by atoms with Gasteiger partial charge < -0.3 is 7.16 Å². The second-order valence-electron chi connectivity index (χ2n) is 2.93. The molecule has 0 saturated heterocycles. The Morgan fingerprint density at radius 1 is 1.53 bits per heavy atom. The Kier molecular flexibility index (Phi) is 5.60. The summed E-state index contributed by atoms with van der Waals surface area (Å²) in [5, 5.41) is -0.689. The number of anilines is 1. The first-order valence-corrected chi connectivity index (χ1v) is 5.71. The monoisotopic (exact) mass is 259 g/mol. The summed E-state index contributed by atoms with van der Waals surface area (Å²) >= 11 is 5.68. The van der Waals surface area contributed by atoms with Gasteiger partial charge in [-0.25, -0.2) is 0 Å². The summed E-state index contributed by atoms with van der Waals surface area (Å²) in [7, 11) is -4.13. The van der Waals surface area contributed by atoms with E-state index < -0.39 is 15.4 Å². The van der Waals surface area contributed by atoms with Gasteiger partial charge in [-0.2, -0.15) is 8.42 Å². The molecule has 1 atom stereocenters. The Bertz CT molecular complexity index is 455. The number of benzene rings is 1. The first kappa shape index (κ1) is 15.2. The van der Waals surface area contributed by atoms with Crippen molar-refractivity contribution in [2.24, 2.45) is 0 Å². The van der Waals surface area contributed by atoms with Crippen LogP contribution >= 0.6 is 11.6 Å². The average Bonchev–Trinajstić information content (AvgIpc) is 2.06. The minimum Gasteiger partial charge on any atom is -1.00 e. The quantitative estimate of drug-likeness (QED) is 0.405. The number of rotatable bonds is 2. The molecule has 7 heteroatoms. The fraction of sp³-hybridized carbons (Fsp3) is 0.250. The minimum atomic E-state index is -4.13. The summed E-state index contributed by atoms with van der Waals surface area (Å²) in [6.45, 7) is 1.34. The third-order valence-electron chi connectivity index (χ3n) is 1.93. The molecule has 0 fully saturated rings. The van der Waals surface area contributed by atoms with E-state index in [4.69, 9.17) is 21.9 Å². The van der Waals surface area contributed by atoms with Crippen molar-refractivity contribution >= 4 is 27.4 Å². The molecular weight excluding hydrogens is 249 g/mol. The third-order valence-corrected chi connectivity index (χ3v) is 3.32. The van der Waals surface area contributed by atoms with Crippen molar-refractivity contribution in [3.63, 3.8) is 0 Å². The van der Waals surface area contributed by atoms with E-state index in [1.807, 2.05) is 0 Å². The molecule has 0 heterocycles. The van der Waals surface area contributed by atoms with Gasteiger partial charge in [-0.05, 0) is 30.7 Å². The molecule has 0 bridgehead atoms. The van der Waals surface area contributed by atoms with Gasteiger partial charge in [0.2, 0.25) is 0 Å². The predicted molar refractivity (Wildman–Crippen MR) is 56.9 cm³/mol. The largest absolute Gasteiger partial charge is 1.00 e. The molecule has 0 aliphatic heterocycles. The van der Waals surface area contributed by atoms with Gasteiger partial charge in [-0.1, -0.05) is 11.6 Å². The molecule has 0 radical (unpaired) electrons. The van der Waals surface area contributed by atoms with Crippen molar-refractivity contribution in [2.45, 2.75) is 12.2 Å². The number of hydrogen-bond acceptors (Lipinski definition) is 3. The summed E-state index contributed by atoms with van der Waals surface area (Å²) in [5.41, 5.74) is 6.15. The van der Waals surface area contributed by atoms with Gasteiger partial charge in [0.1, 0.15) is 5.25 Å². The fourth-order valence-corrected chi connectivity index (χ4v) is 1.76. The van der Waals surface area contributed by atoms with Crippen molar-refractivity contribution in [3.05, 3.63) is 28.8 Å². The number of nitrogens with two attached hydrogens (primary N) is 1. The molecular formula is C8H11ClNNaO3S. The molecule has 0 aromatic heterocycles. The summed E-state index contributed by atoms with van der Waals surface area (Å²) < 4.78 is 30.5. The maximum atomic E-state index is 10.9. The van der Waals surface area contributed by atoms with Crippen LogP contribution in [0.3, 0.4) is 0 Å². The summed E-state index contributed by atoms with van der Waals surface area (Å²) in [6, 6.07) is 4.48. The maximum absolute atomic E-state index is 10.9. The van der Waals surface area contributed by atoms with Crippen molar-refractivity contribution in [2.75, 3.05) is 5.73 Å². The van der Waals surface area contributed by atoms with E-state index >= 15 is 0 Å². The van der Waals surface area contributed by atoms with E-state index in [-0.39, 0.29) is 31.0 Å². The predicted octanol–water partition coefficient (Wildman–Crippen LogP) is -1.01. The van der Waals surface area contributed by atoms with Gasteiger partial charge in [-0.3, -0.25) is 4.55 Å². The molecule has 1 aromatic rings. The Morgan fingerprint density at radius 2 is 2.07 bits per heavy atom.